The summed E-state index contributed by atoms with van der Waals surface area (Å²) in [5.41, 5.74) is 4.44. The van der Waals surface area contributed by atoms with E-state index in [4.69, 9.17) is 0 Å². The molecule has 8 nitrogen and oxygen atoms in total. The van der Waals surface area contributed by atoms with Crippen LogP contribution < -0.4 is 16.5 Å². The third kappa shape index (κ3) is 3.14. The molecule has 2 N–H and O–H groups in total. The molecule has 0 atom stereocenters. The Bertz CT molecular complexity index is 614. The zero-order chi connectivity index (χ0) is 14.8. The Balaban J connectivity index is 1.60. The van der Waals surface area contributed by atoms with E-state index in [0.29, 0.717) is 6.54 Å². The molecule has 3 rings (SSSR count). The van der Waals surface area contributed by atoms with Crippen LogP contribution in [0.1, 0.15) is 37.9 Å². The Hall–Kier alpha value is -2.12. The van der Waals surface area contributed by atoms with E-state index >= 15 is 0 Å². The van der Waals surface area contributed by atoms with Gasteiger partial charge >= 0.3 is 5.69 Å². The van der Waals surface area contributed by atoms with Crippen molar-refractivity contribution in [3.63, 3.8) is 0 Å². The Morgan fingerprint density at radius 3 is 2.76 bits per heavy atom. The van der Waals surface area contributed by atoms with Crippen LogP contribution in [0, 0.1) is 5.92 Å². The number of aromatic nitrogens is 3. The van der Waals surface area contributed by atoms with E-state index in [0.717, 1.165) is 44.3 Å². The van der Waals surface area contributed by atoms with Crippen LogP contribution in [0.2, 0.25) is 0 Å². The molecule has 2 amide bonds. The first-order valence-electron chi connectivity index (χ1n) is 7.40. The lowest BCUT2D eigenvalue weighted by atomic mass is 10.2. The molecule has 1 aromatic heterocycles. The molecule has 2 heterocycles. The van der Waals surface area contributed by atoms with E-state index in [1.165, 1.54) is 4.68 Å². The molecule has 8 heteroatoms. The fourth-order valence-corrected chi connectivity index (χ4v) is 2.48. The average molecular weight is 293 g/mol. The van der Waals surface area contributed by atoms with Crippen molar-refractivity contribution in [3.8, 4) is 0 Å². The first-order valence-corrected chi connectivity index (χ1v) is 7.40. The van der Waals surface area contributed by atoms with Gasteiger partial charge in [-0.3, -0.25) is 25.0 Å². The number of fused-ring (bicyclic) bond motifs is 1. The maximum Gasteiger partial charge on any atom is 0.346 e. The summed E-state index contributed by atoms with van der Waals surface area (Å²) in [4.78, 5) is 35.3. The first-order chi connectivity index (χ1) is 10.1. The molecule has 114 valence electrons. The van der Waals surface area contributed by atoms with E-state index in [2.05, 4.69) is 16.0 Å². The summed E-state index contributed by atoms with van der Waals surface area (Å²) in [7, 11) is 0. The molecule has 1 saturated carbocycles. The minimum Gasteiger partial charge on any atom is -0.279 e. The number of hydrogen-bond donors (Lipinski definition) is 2. The van der Waals surface area contributed by atoms with Gasteiger partial charge in [-0.1, -0.05) is 6.42 Å². The Kier molecular flexibility index (Phi) is 3.76. The Morgan fingerprint density at radius 2 is 2.00 bits per heavy atom. The number of aryl methyl sites for hydroxylation is 1. The largest absolute Gasteiger partial charge is 0.346 e. The molecule has 1 aliphatic carbocycles. The van der Waals surface area contributed by atoms with Gasteiger partial charge in [-0.05, 0) is 25.7 Å². The summed E-state index contributed by atoms with van der Waals surface area (Å²) in [5.74, 6) is 0.152. The molecule has 1 aromatic rings. The molecule has 0 radical (unpaired) electrons. The molecule has 0 aromatic carbocycles. The number of carbonyl (C=O) groups is 2. The van der Waals surface area contributed by atoms with Crippen LogP contribution in [-0.2, 0) is 29.1 Å². The lowest BCUT2D eigenvalue weighted by Crippen LogP contribution is -2.45. The van der Waals surface area contributed by atoms with Crippen molar-refractivity contribution in [1.29, 1.82) is 0 Å². The number of amides is 2. The number of hydrazine groups is 1. The summed E-state index contributed by atoms with van der Waals surface area (Å²) in [6.07, 6.45) is 5.57. The Labute approximate surface area is 121 Å². The second kappa shape index (κ2) is 5.71. The van der Waals surface area contributed by atoms with Crippen LogP contribution in [0.15, 0.2) is 4.79 Å². The van der Waals surface area contributed by atoms with Crippen LogP contribution >= 0.6 is 0 Å². The summed E-state index contributed by atoms with van der Waals surface area (Å²) in [5, 5.41) is 4.22. The van der Waals surface area contributed by atoms with Gasteiger partial charge in [-0.15, -0.1) is 0 Å². The fraction of sp³-hybridized carbons (Fsp3) is 0.692. The molecular formula is C13H19N5O3. The van der Waals surface area contributed by atoms with Crippen molar-refractivity contribution in [2.24, 2.45) is 5.92 Å². The van der Waals surface area contributed by atoms with Crippen LogP contribution in [0.3, 0.4) is 0 Å². The summed E-state index contributed by atoms with van der Waals surface area (Å²) < 4.78 is 2.81. The molecule has 1 fully saturated rings. The molecule has 21 heavy (non-hydrogen) atoms. The summed E-state index contributed by atoms with van der Waals surface area (Å²) in [6.45, 7) is 0.484. The van der Waals surface area contributed by atoms with E-state index in [1.807, 2.05) is 0 Å². The van der Waals surface area contributed by atoms with Crippen molar-refractivity contribution in [2.75, 3.05) is 0 Å². The normalized spacial score (nSPS) is 17.7. The molecule has 0 unspecified atom stereocenters. The number of nitrogens with one attached hydrogen (secondary N) is 2. The maximum atomic E-state index is 12.2. The average Bonchev–Trinajstić information content (AvgIpc) is 3.28. The zero-order valence-electron chi connectivity index (χ0n) is 11.8. The first kappa shape index (κ1) is 13.8. The molecular weight excluding hydrogens is 274 g/mol. The predicted molar refractivity (Wildman–Crippen MR) is 73.1 cm³/mol. The Morgan fingerprint density at radius 1 is 1.19 bits per heavy atom. The lowest BCUT2D eigenvalue weighted by Gasteiger charge is -2.06. The quantitative estimate of drug-likeness (QED) is 0.722. The maximum absolute atomic E-state index is 12.2. The van der Waals surface area contributed by atoms with Gasteiger partial charge in [-0.25, -0.2) is 9.48 Å². The third-order valence-corrected chi connectivity index (χ3v) is 3.85. The highest BCUT2D eigenvalue weighted by Gasteiger charge is 2.29. The van der Waals surface area contributed by atoms with Gasteiger partial charge in [0, 0.05) is 18.9 Å². The number of carbonyl (C=O) groups excluding carboxylic acids is 2. The fourth-order valence-electron chi connectivity index (χ4n) is 2.48. The van der Waals surface area contributed by atoms with E-state index < -0.39 is 5.91 Å². The number of rotatable bonds is 3. The molecule has 0 saturated heterocycles. The van der Waals surface area contributed by atoms with E-state index in [9.17, 15) is 14.4 Å². The van der Waals surface area contributed by atoms with Crippen LogP contribution in [0.25, 0.3) is 0 Å². The minimum absolute atomic E-state index is 0.0247. The van der Waals surface area contributed by atoms with Crippen LogP contribution in [0.4, 0.5) is 0 Å². The van der Waals surface area contributed by atoms with Gasteiger partial charge in [0.25, 0.3) is 5.91 Å². The topological polar surface area (TPSA) is 98.0 Å². The van der Waals surface area contributed by atoms with Crippen molar-refractivity contribution in [1.82, 2.24) is 25.2 Å². The lowest BCUT2D eigenvalue weighted by molar-refractivity contribution is -0.130. The minimum atomic E-state index is -0.445. The van der Waals surface area contributed by atoms with Gasteiger partial charge in [0.05, 0.1) is 0 Å². The van der Waals surface area contributed by atoms with Crippen molar-refractivity contribution in [3.05, 3.63) is 16.3 Å². The SMILES string of the molecule is O=C(Cn1nc2n(c1=O)CCCCC2)NNC(=O)C1CC1. The monoisotopic (exact) mass is 293 g/mol. The van der Waals surface area contributed by atoms with Gasteiger partial charge in [-0.2, -0.15) is 5.10 Å². The third-order valence-electron chi connectivity index (χ3n) is 3.85. The second-order valence-electron chi connectivity index (χ2n) is 5.63. The standard InChI is InChI=1S/C13H19N5O3/c19-11(14-15-12(20)9-5-6-9)8-18-13(21)17-7-3-1-2-4-10(17)16-18/h9H,1-8H2,(H,14,19)(H,15,20). The predicted octanol–water partition coefficient (Wildman–Crippen LogP) is -0.671. The van der Waals surface area contributed by atoms with Gasteiger partial charge < -0.3 is 0 Å². The number of nitrogens with zero attached hydrogens (tertiary/aromatic N) is 3. The van der Waals surface area contributed by atoms with Crippen molar-refractivity contribution < 1.29 is 9.59 Å². The second-order valence-corrected chi connectivity index (χ2v) is 5.63. The van der Waals surface area contributed by atoms with E-state index in [-0.39, 0.29) is 24.1 Å². The smallest absolute Gasteiger partial charge is 0.279 e. The zero-order valence-corrected chi connectivity index (χ0v) is 11.8. The molecule has 2 aliphatic rings. The molecule has 0 spiro atoms. The van der Waals surface area contributed by atoms with Gasteiger partial charge in [0.1, 0.15) is 12.4 Å². The highest BCUT2D eigenvalue weighted by Crippen LogP contribution is 2.28. The highest BCUT2D eigenvalue weighted by atomic mass is 16.2. The van der Waals surface area contributed by atoms with Gasteiger partial charge in [0.2, 0.25) is 5.91 Å². The molecule has 0 bridgehead atoms. The highest BCUT2D eigenvalue weighted by molar-refractivity contribution is 5.84. The summed E-state index contributed by atoms with van der Waals surface area (Å²) >= 11 is 0. The van der Waals surface area contributed by atoms with Crippen LogP contribution in [0.5, 0.6) is 0 Å². The van der Waals surface area contributed by atoms with Gasteiger partial charge in [0.15, 0.2) is 0 Å². The van der Waals surface area contributed by atoms with E-state index in [1.54, 1.807) is 4.57 Å². The molecule has 1 aliphatic heterocycles. The number of hydrogen-bond acceptors (Lipinski definition) is 4. The summed E-state index contributed by atoms with van der Waals surface area (Å²) in [6, 6.07) is 0. The van der Waals surface area contributed by atoms with Crippen LogP contribution in [-0.4, -0.2) is 26.2 Å². The van der Waals surface area contributed by atoms with Crippen molar-refractivity contribution >= 4 is 11.8 Å². The van der Waals surface area contributed by atoms with Crippen molar-refractivity contribution in [2.45, 2.75) is 51.6 Å².